The first-order valence-corrected chi connectivity index (χ1v) is 8.40. The molecule has 9 heteroatoms. The number of alkyl halides is 3. The van der Waals surface area contributed by atoms with E-state index in [2.05, 4.69) is 16.7 Å². The van der Waals surface area contributed by atoms with Gasteiger partial charge < -0.3 is 4.90 Å². The number of amides is 1. The van der Waals surface area contributed by atoms with Crippen LogP contribution in [0.5, 0.6) is 0 Å². The second kappa shape index (κ2) is 6.43. The molecule has 1 aliphatic rings. The lowest BCUT2D eigenvalue weighted by Gasteiger charge is -2.38. The van der Waals surface area contributed by atoms with Crippen molar-refractivity contribution in [2.24, 2.45) is 0 Å². The Labute approximate surface area is 156 Å². The Morgan fingerprint density at radius 3 is 2.61 bits per heavy atom. The highest BCUT2D eigenvalue weighted by molar-refractivity contribution is 5.92. The van der Waals surface area contributed by atoms with Crippen LogP contribution in [0.4, 0.5) is 17.6 Å². The van der Waals surface area contributed by atoms with Gasteiger partial charge in [0.25, 0.3) is 5.91 Å². The number of nitrogens with zero attached hydrogens (tertiary/aromatic N) is 4. The fourth-order valence-corrected chi connectivity index (χ4v) is 3.23. The number of benzene rings is 1. The third kappa shape index (κ3) is 3.02. The predicted molar refractivity (Wildman–Crippen MR) is 93.8 cm³/mol. The molecule has 28 heavy (non-hydrogen) atoms. The summed E-state index contributed by atoms with van der Waals surface area (Å²) in [7, 11) is 0. The largest absolute Gasteiger partial charge is 0.416 e. The number of halogens is 4. The molecule has 0 N–H and O–H groups in total. The van der Waals surface area contributed by atoms with Crippen LogP contribution in [0.2, 0.25) is 0 Å². The Balaban J connectivity index is 1.73. The smallest absolute Gasteiger partial charge is 0.332 e. The molecule has 0 atom stereocenters. The van der Waals surface area contributed by atoms with Crippen molar-refractivity contribution in [2.75, 3.05) is 13.1 Å². The van der Waals surface area contributed by atoms with E-state index in [4.69, 9.17) is 0 Å². The first kappa shape index (κ1) is 18.1. The molecular weight excluding hydrogens is 376 g/mol. The third-order valence-corrected chi connectivity index (χ3v) is 4.66. The fraction of sp³-hybridized carbons (Fsp3) is 0.211. The highest BCUT2D eigenvalue weighted by atomic mass is 19.4. The molecule has 0 radical (unpaired) electrons. The highest BCUT2D eigenvalue weighted by Gasteiger charge is 2.35. The number of hydrogen-bond donors (Lipinski definition) is 0. The van der Waals surface area contributed by atoms with Gasteiger partial charge in [0.05, 0.1) is 11.6 Å². The standard InChI is InChI=1S/C19H14F4N4O/c1-11(20)18(28)26-9-14(10-26)27-17-15(6-3-7-24-17)16(25-27)12-4-2-5-13(8-12)19(21,22)23/h2-8,14H,1,9-10H2. The van der Waals surface area contributed by atoms with E-state index in [9.17, 15) is 22.4 Å². The Morgan fingerprint density at radius 2 is 1.93 bits per heavy atom. The lowest BCUT2D eigenvalue weighted by atomic mass is 10.1. The van der Waals surface area contributed by atoms with E-state index in [1.165, 1.54) is 11.0 Å². The van der Waals surface area contributed by atoms with E-state index < -0.39 is 23.5 Å². The van der Waals surface area contributed by atoms with Crippen molar-refractivity contribution in [1.29, 1.82) is 0 Å². The second-order valence-electron chi connectivity index (χ2n) is 6.52. The van der Waals surface area contributed by atoms with Crippen LogP contribution < -0.4 is 0 Å². The van der Waals surface area contributed by atoms with E-state index in [1.54, 1.807) is 29.1 Å². The summed E-state index contributed by atoms with van der Waals surface area (Å²) in [5, 5.41) is 5.07. The van der Waals surface area contributed by atoms with Crippen LogP contribution in [0.25, 0.3) is 22.3 Å². The van der Waals surface area contributed by atoms with E-state index in [0.29, 0.717) is 22.3 Å². The molecule has 0 aliphatic carbocycles. The topological polar surface area (TPSA) is 51.0 Å². The van der Waals surface area contributed by atoms with Crippen LogP contribution >= 0.6 is 0 Å². The third-order valence-electron chi connectivity index (χ3n) is 4.66. The van der Waals surface area contributed by atoms with Gasteiger partial charge in [0.2, 0.25) is 0 Å². The van der Waals surface area contributed by atoms with Gasteiger partial charge in [-0.05, 0) is 24.3 Å². The summed E-state index contributed by atoms with van der Waals surface area (Å²) in [6.45, 7) is 3.43. The molecule has 1 fully saturated rings. The van der Waals surface area contributed by atoms with Crippen molar-refractivity contribution in [3.05, 3.63) is 60.6 Å². The monoisotopic (exact) mass is 390 g/mol. The second-order valence-corrected chi connectivity index (χ2v) is 6.52. The summed E-state index contributed by atoms with van der Waals surface area (Å²) in [5.41, 5.74) is 0.411. The van der Waals surface area contributed by atoms with Crippen molar-refractivity contribution < 1.29 is 22.4 Å². The lowest BCUT2D eigenvalue weighted by molar-refractivity contribution is -0.137. The minimum absolute atomic E-state index is 0.219. The van der Waals surface area contributed by atoms with Gasteiger partial charge in [-0.3, -0.25) is 4.79 Å². The minimum Gasteiger partial charge on any atom is -0.332 e. The van der Waals surface area contributed by atoms with Gasteiger partial charge in [0.1, 0.15) is 5.69 Å². The number of hydrogen-bond acceptors (Lipinski definition) is 3. The van der Waals surface area contributed by atoms with Crippen molar-refractivity contribution in [2.45, 2.75) is 12.2 Å². The predicted octanol–water partition coefficient (Wildman–Crippen LogP) is 3.98. The number of carbonyl (C=O) groups excluding carboxylic acids is 1. The number of likely N-dealkylation sites (tertiary alicyclic amines) is 1. The van der Waals surface area contributed by atoms with Crippen molar-refractivity contribution >= 4 is 16.9 Å². The van der Waals surface area contributed by atoms with Crippen LogP contribution in [-0.2, 0) is 11.0 Å². The van der Waals surface area contributed by atoms with Gasteiger partial charge in [-0.1, -0.05) is 18.7 Å². The first-order chi connectivity index (χ1) is 13.3. The molecule has 0 saturated carbocycles. The van der Waals surface area contributed by atoms with E-state index in [1.807, 2.05) is 0 Å². The quantitative estimate of drug-likeness (QED) is 0.502. The Hall–Kier alpha value is -3.23. The number of rotatable bonds is 3. The SMILES string of the molecule is C=C(F)C(=O)N1CC(n2nc(-c3cccc(C(F)(F)F)c3)c3cccnc32)C1. The molecule has 144 valence electrons. The molecular formula is C19H14F4N4O. The molecule has 2 aromatic heterocycles. The van der Waals surface area contributed by atoms with Crippen LogP contribution in [-0.4, -0.2) is 38.7 Å². The molecule has 0 unspecified atom stereocenters. The highest BCUT2D eigenvalue weighted by Crippen LogP contribution is 2.35. The van der Waals surface area contributed by atoms with E-state index >= 15 is 0 Å². The Kier molecular flexibility index (Phi) is 4.17. The minimum atomic E-state index is -4.46. The van der Waals surface area contributed by atoms with Crippen LogP contribution in [0.15, 0.2) is 55.0 Å². The van der Waals surface area contributed by atoms with Gasteiger partial charge in [-0.15, -0.1) is 0 Å². The maximum Gasteiger partial charge on any atom is 0.416 e. The van der Waals surface area contributed by atoms with Crippen LogP contribution in [0, 0.1) is 0 Å². The molecule has 1 saturated heterocycles. The van der Waals surface area contributed by atoms with Crippen molar-refractivity contribution in [1.82, 2.24) is 19.7 Å². The normalized spacial score (nSPS) is 14.9. The van der Waals surface area contributed by atoms with Gasteiger partial charge in [-0.25, -0.2) is 14.1 Å². The molecule has 4 rings (SSSR count). The Morgan fingerprint density at radius 1 is 1.18 bits per heavy atom. The molecule has 3 heterocycles. The maximum atomic E-state index is 13.1. The van der Waals surface area contributed by atoms with Gasteiger partial charge in [0, 0.05) is 30.2 Å². The van der Waals surface area contributed by atoms with E-state index in [-0.39, 0.29) is 19.1 Å². The number of aromatic nitrogens is 3. The van der Waals surface area contributed by atoms with Gasteiger partial charge in [0.15, 0.2) is 11.5 Å². The average molecular weight is 390 g/mol. The lowest BCUT2D eigenvalue weighted by Crippen LogP contribution is -2.51. The van der Waals surface area contributed by atoms with Gasteiger partial charge in [-0.2, -0.15) is 18.3 Å². The first-order valence-electron chi connectivity index (χ1n) is 8.40. The molecule has 1 aromatic carbocycles. The zero-order valence-corrected chi connectivity index (χ0v) is 14.4. The van der Waals surface area contributed by atoms with Gasteiger partial charge >= 0.3 is 6.18 Å². The van der Waals surface area contributed by atoms with Crippen molar-refractivity contribution in [3.63, 3.8) is 0 Å². The molecule has 1 amide bonds. The number of carbonyl (C=O) groups is 1. The Bertz CT molecular complexity index is 1080. The van der Waals surface area contributed by atoms with E-state index in [0.717, 1.165) is 12.1 Å². The molecule has 0 bridgehead atoms. The summed E-state index contributed by atoms with van der Waals surface area (Å²) >= 11 is 0. The summed E-state index contributed by atoms with van der Waals surface area (Å²) < 4.78 is 53.8. The molecule has 5 nitrogen and oxygen atoms in total. The van der Waals surface area contributed by atoms with Crippen LogP contribution in [0.3, 0.4) is 0 Å². The molecule has 3 aromatic rings. The molecule has 1 aliphatic heterocycles. The zero-order chi connectivity index (χ0) is 20.1. The fourth-order valence-electron chi connectivity index (χ4n) is 3.23. The summed E-state index contributed by atoms with van der Waals surface area (Å²) in [6, 6.07) is 8.08. The summed E-state index contributed by atoms with van der Waals surface area (Å²) in [6.07, 6.45) is -2.91. The van der Waals surface area contributed by atoms with Crippen LogP contribution in [0.1, 0.15) is 11.6 Å². The van der Waals surface area contributed by atoms with Crippen molar-refractivity contribution in [3.8, 4) is 11.3 Å². The maximum absolute atomic E-state index is 13.1. The number of pyridine rings is 1. The number of fused-ring (bicyclic) bond motifs is 1. The summed E-state index contributed by atoms with van der Waals surface area (Å²) in [5.74, 6) is -1.81. The summed E-state index contributed by atoms with van der Waals surface area (Å²) in [4.78, 5) is 17.2. The average Bonchev–Trinajstić information content (AvgIpc) is 2.99. The molecule has 0 spiro atoms. The zero-order valence-electron chi connectivity index (χ0n) is 14.4.